The summed E-state index contributed by atoms with van der Waals surface area (Å²) in [6.07, 6.45) is 4.49. The first-order chi connectivity index (χ1) is 15.3. The molecule has 0 spiro atoms. The number of carbonyl (C=O) groups is 1. The van der Waals surface area contributed by atoms with E-state index in [9.17, 15) is 4.79 Å². The number of aliphatic imine (C=N–C) groups is 2. The molecule has 0 bridgehead atoms. The van der Waals surface area contributed by atoms with Crippen molar-refractivity contribution < 1.29 is 4.79 Å². The van der Waals surface area contributed by atoms with E-state index in [0.29, 0.717) is 13.1 Å². The Kier molecular flexibility index (Phi) is 9.48. The molecule has 0 radical (unpaired) electrons. The van der Waals surface area contributed by atoms with Crippen molar-refractivity contribution in [2.45, 2.75) is 32.1 Å². The monoisotopic (exact) mass is 460 g/mol. The summed E-state index contributed by atoms with van der Waals surface area (Å²) in [5.74, 6) is -0.762. The number of unbranched alkanes of at least 4 members (excludes halogenated alkanes) is 1. The first-order valence-electron chi connectivity index (χ1n) is 10.1. The minimum atomic E-state index is -0.656. The third-order valence-electron chi connectivity index (χ3n) is 4.46. The van der Waals surface area contributed by atoms with Crippen LogP contribution in [0, 0.1) is 0 Å². The third-order valence-corrected chi connectivity index (χ3v) is 4.74. The van der Waals surface area contributed by atoms with Gasteiger partial charge in [-0.15, -0.1) is 0 Å². The number of amides is 1. The minimum Gasteiger partial charge on any atom is -0.382 e. The van der Waals surface area contributed by atoms with Crippen LogP contribution in [-0.4, -0.2) is 40.9 Å². The SMILES string of the molecule is NC(N)=NCCCc1ccc(CCCCN=C(N)NC(=O)c2nc(Cl)c(N)nc2N)cc1. The second kappa shape index (κ2) is 12.3. The molecule has 0 unspecified atom stereocenters. The van der Waals surface area contributed by atoms with Crippen LogP contribution in [0.3, 0.4) is 0 Å². The number of guanidine groups is 2. The number of aryl methyl sites for hydroxylation is 2. The van der Waals surface area contributed by atoms with Gasteiger partial charge >= 0.3 is 0 Å². The van der Waals surface area contributed by atoms with Gasteiger partial charge in [-0.25, -0.2) is 9.97 Å². The van der Waals surface area contributed by atoms with Crippen LogP contribution in [0.25, 0.3) is 0 Å². The fourth-order valence-corrected chi connectivity index (χ4v) is 2.95. The number of benzene rings is 1. The molecular formula is C20H29ClN10O. The molecule has 11 nitrogen and oxygen atoms in total. The minimum absolute atomic E-state index is 0.0331. The molecule has 1 heterocycles. The number of nitrogens with two attached hydrogens (primary N) is 5. The number of nitrogens with one attached hydrogen (secondary N) is 1. The maximum absolute atomic E-state index is 12.2. The summed E-state index contributed by atoms with van der Waals surface area (Å²) in [6.45, 7) is 1.10. The Morgan fingerprint density at radius 1 is 0.875 bits per heavy atom. The molecule has 1 aromatic heterocycles. The molecule has 1 amide bonds. The predicted molar refractivity (Wildman–Crippen MR) is 128 cm³/mol. The van der Waals surface area contributed by atoms with Crippen LogP contribution in [0.4, 0.5) is 11.6 Å². The zero-order chi connectivity index (χ0) is 23.5. The summed E-state index contributed by atoms with van der Waals surface area (Å²) in [5.41, 5.74) is 29.9. The number of aromatic nitrogens is 2. The first kappa shape index (κ1) is 24.7. The van der Waals surface area contributed by atoms with Gasteiger partial charge < -0.3 is 28.7 Å². The predicted octanol–water partition coefficient (Wildman–Crippen LogP) is 0.568. The van der Waals surface area contributed by atoms with Gasteiger partial charge in [0, 0.05) is 13.1 Å². The summed E-state index contributed by atoms with van der Waals surface area (Å²) in [7, 11) is 0. The van der Waals surface area contributed by atoms with E-state index in [0.717, 1.165) is 32.1 Å². The highest BCUT2D eigenvalue weighted by Crippen LogP contribution is 2.17. The Hall–Kier alpha value is -3.60. The van der Waals surface area contributed by atoms with Crippen molar-refractivity contribution in [3.63, 3.8) is 0 Å². The van der Waals surface area contributed by atoms with E-state index in [1.165, 1.54) is 11.1 Å². The Balaban J connectivity index is 1.71. The van der Waals surface area contributed by atoms with E-state index >= 15 is 0 Å². The van der Waals surface area contributed by atoms with Crippen LogP contribution >= 0.6 is 11.6 Å². The second-order valence-corrected chi connectivity index (χ2v) is 7.40. The van der Waals surface area contributed by atoms with Crippen molar-refractivity contribution in [1.29, 1.82) is 0 Å². The molecular weight excluding hydrogens is 432 g/mol. The number of anilines is 2. The molecule has 1 aromatic carbocycles. The largest absolute Gasteiger partial charge is 0.382 e. The Morgan fingerprint density at radius 3 is 2.09 bits per heavy atom. The lowest BCUT2D eigenvalue weighted by molar-refractivity contribution is 0.0972. The topological polar surface area (TPSA) is 210 Å². The molecule has 0 saturated heterocycles. The van der Waals surface area contributed by atoms with E-state index in [1.54, 1.807) is 0 Å². The maximum Gasteiger partial charge on any atom is 0.280 e. The lowest BCUT2D eigenvalue weighted by atomic mass is 10.0. The standard InChI is InChI=1S/C20H29ClN10O/c21-15-17(23)30-16(22)14(29-15)18(32)31-20(26)28-10-2-1-4-12-6-8-13(9-7-12)5-3-11-27-19(24)25/h6-9H,1-5,10-11H2,(H4,22,23,30)(H4,24,25,27)(H3,26,28,31,32). The summed E-state index contributed by atoms with van der Waals surface area (Å²) < 4.78 is 0. The maximum atomic E-state index is 12.2. The van der Waals surface area contributed by atoms with Crippen LogP contribution in [-0.2, 0) is 12.8 Å². The lowest BCUT2D eigenvalue weighted by Crippen LogP contribution is -2.38. The summed E-state index contributed by atoms with van der Waals surface area (Å²) in [5, 5.41) is 2.30. The molecule has 0 atom stereocenters. The molecule has 2 aromatic rings. The fraction of sp³-hybridized carbons (Fsp3) is 0.350. The van der Waals surface area contributed by atoms with E-state index in [1.807, 2.05) is 0 Å². The quantitative estimate of drug-likeness (QED) is 0.167. The van der Waals surface area contributed by atoms with Crippen molar-refractivity contribution in [3.05, 3.63) is 46.2 Å². The number of nitrogen functional groups attached to an aromatic ring is 2. The van der Waals surface area contributed by atoms with Crippen LogP contribution in [0.2, 0.25) is 5.15 Å². The molecule has 0 fully saturated rings. The molecule has 0 aliphatic rings. The lowest BCUT2D eigenvalue weighted by Gasteiger charge is -2.07. The fourth-order valence-electron chi connectivity index (χ4n) is 2.83. The van der Waals surface area contributed by atoms with Gasteiger partial charge in [-0.3, -0.25) is 20.1 Å². The van der Waals surface area contributed by atoms with Crippen LogP contribution in [0.5, 0.6) is 0 Å². The first-order valence-corrected chi connectivity index (χ1v) is 10.5. The van der Waals surface area contributed by atoms with Crippen molar-refractivity contribution in [1.82, 2.24) is 15.3 Å². The Labute approximate surface area is 191 Å². The van der Waals surface area contributed by atoms with Crippen LogP contribution in [0.1, 0.15) is 40.9 Å². The number of hydrogen-bond donors (Lipinski definition) is 6. The average Bonchev–Trinajstić information content (AvgIpc) is 2.74. The molecule has 2 rings (SSSR count). The molecule has 0 saturated carbocycles. The number of carbonyl (C=O) groups excluding carboxylic acids is 1. The van der Waals surface area contributed by atoms with Gasteiger partial charge in [-0.1, -0.05) is 35.9 Å². The van der Waals surface area contributed by atoms with Gasteiger partial charge in [0.1, 0.15) is 0 Å². The zero-order valence-corrected chi connectivity index (χ0v) is 18.5. The Morgan fingerprint density at radius 2 is 1.47 bits per heavy atom. The normalized spacial score (nSPS) is 11.2. The van der Waals surface area contributed by atoms with Crippen molar-refractivity contribution in [3.8, 4) is 0 Å². The van der Waals surface area contributed by atoms with E-state index in [2.05, 4.69) is 49.5 Å². The number of halogens is 1. The zero-order valence-electron chi connectivity index (χ0n) is 17.7. The van der Waals surface area contributed by atoms with E-state index < -0.39 is 5.91 Å². The van der Waals surface area contributed by atoms with Crippen LogP contribution in [0.15, 0.2) is 34.3 Å². The summed E-state index contributed by atoms with van der Waals surface area (Å²) in [4.78, 5) is 27.9. The van der Waals surface area contributed by atoms with Gasteiger partial charge in [0.25, 0.3) is 5.91 Å². The highest BCUT2D eigenvalue weighted by molar-refractivity contribution is 6.31. The summed E-state index contributed by atoms with van der Waals surface area (Å²) >= 11 is 5.77. The Bertz CT molecular complexity index is 971. The molecule has 0 aliphatic heterocycles. The summed E-state index contributed by atoms with van der Waals surface area (Å²) in [6, 6.07) is 8.48. The second-order valence-electron chi connectivity index (χ2n) is 7.04. The van der Waals surface area contributed by atoms with Gasteiger partial charge in [0.05, 0.1) is 0 Å². The van der Waals surface area contributed by atoms with Crippen LogP contribution < -0.4 is 34.0 Å². The molecule has 0 aliphatic carbocycles. The molecule has 12 heteroatoms. The van der Waals surface area contributed by atoms with Gasteiger partial charge in [0.2, 0.25) is 0 Å². The van der Waals surface area contributed by atoms with Gasteiger partial charge in [-0.05, 0) is 43.2 Å². The smallest absolute Gasteiger partial charge is 0.280 e. The average molecular weight is 461 g/mol. The number of rotatable bonds is 10. The van der Waals surface area contributed by atoms with Crippen molar-refractivity contribution >= 4 is 41.1 Å². The molecule has 172 valence electrons. The van der Waals surface area contributed by atoms with Crippen molar-refractivity contribution in [2.24, 2.45) is 27.2 Å². The van der Waals surface area contributed by atoms with E-state index in [-0.39, 0.29) is 34.4 Å². The third kappa shape index (κ3) is 8.26. The molecule has 11 N–H and O–H groups in total. The number of nitrogens with zero attached hydrogens (tertiary/aromatic N) is 4. The highest BCUT2D eigenvalue weighted by Gasteiger charge is 2.16. The molecule has 32 heavy (non-hydrogen) atoms. The highest BCUT2D eigenvalue weighted by atomic mass is 35.5. The van der Waals surface area contributed by atoms with Gasteiger partial charge in [-0.2, -0.15) is 0 Å². The van der Waals surface area contributed by atoms with Crippen molar-refractivity contribution in [2.75, 3.05) is 24.6 Å². The van der Waals surface area contributed by atoms with E-state index in [4.69, 9.17) is 40.3 Å². The van der Waals surface area contributed by atoms with Gasteiger partial charge in [0.15, 0.2) is 34.4 Å². The number of hydrogen-bond acceptors (Lipinski definition) is 7.